The summed E-state index contributed by atoms with van der Waals surface area (Å²) >= 11 is 0. The maximum absolute atomic E-state index is 13.3. The van der Waals surface area contributed by atoms with Crippen LogP contribution < -0.4 is 11.2 Å². The van der Waals surface area contributed by atoms with Crippen molar-refractivity contribution < 1.29 is 33.1 Å². The van der Waals surface area contributed by atoms with Crippen LogP contribution in [0.4, 0.5) is 4.39 Å². The third-order valence-corrected chi connectivity index (χ3v) is 3.70. The number of nitrogens with zero attached hydrogens (tertiary/aromatic N) is 1. The van der Waals surface area contributed by atoms with Crippen LogP contribution in [0.15, 0.2) is 28.4 Å². The van der Waals surface area contributed by atoms with E-state index in [0.717, 1.165) is 10.6 Å². The van der Waals surface area contributed by atoms with Gasteiger partial charge in [-0.1, -0.05) is 6.08 Å². The van der Waals surface area contributed by atoms with E-state index in [9.17, 15) is 23.7 Å². The Labute approximate surface area is 128 Å². The topological polar surface area (TPSA) is 151 Å². The van der Waals surface area contributed by atoms with Gasteiger partial charge in [-0.25, -0.2) is 9.36 Å². The molecular weight excluding hydrogens is 338 g/mol. The fraction of sp³-hybridized carbons (Fsp3) is 0.455. The fourth-order valence-electron chi connectivity index (χ4n) is 2.21. The molecule has 0 aliphatic carbocycles. The van der Waals surface area contributed by atoms with Gasteiger partial charge in [0.15, 0.2) is 0 Å². The van der Waals surface area contributed by atoms with Gasteiger partial charge in [-0.2, -0.15) is 4.39 Å². The lowest BCUT2D eigenvalue weighted by molar-refractivity contribution is -0.0667. The highest BCUT2D eigenvalue weighted by Gasteiger charge is 2.42. The molecule has 4 N–H and O–H groups in total. The van der Waals surface area contributed by atoms with Gasteiger partial charge in [-0.15, -0.1) is 6.58 Å². The molecule has 4 atom stereocenters. The van der Waals surface area contributed by atoms with Crippen LogP contribution in [0.25, 0.3) is 0 Å². The Kier molecular flexibility index (Phi) is 4.99. The largest absolute Gasteiger partial charge is 0.470 e. The summed E-state index contributed by atoms with van der Waals surface area (Å²) < 4.78 is 34.7. The molecule has 1 aromatic rings. The van der Waals surface area contributed by atoms with E-state index in [0.29, 0.717) is 6.20 Å². The van der Waals surface area contributed by atoms with Crippen LogP contribution in [0.5, 0.6) is 0 Å². The highest BCUT2D eigenvalue weighted by molar-refractivity contribution is 7.46. The molecule has 1 aliphatic rings. The van der Waals surface area contributed by atoms with Gasteiger partial charge in [0, 0.05) is 6.42 Å². The first-order chi connectivity index (χ1) is 10.6. The number of aliphatic hydroxyl groups excluding tert-OH is 1. The van der Waals surface area contributed by atoms with E-state index in [1.165, 1.54) is 0 Å². The van der Waals surface area contributed by atoms with Crippen LogP contribution in [0.2, 0.25) is 0 Å². The van der Waals surface area contributed by atoms with Crippen LogP contribution in [0.3, 0.4) is 0 Å². The molecule has 0 bridgehead atoms. The van der Waals surface area contributed by atoms with Crippen molar-refractivity contribution in [3.8, 4) is 0 Å². The van der Waals surface area contributed by atoms with Gasteiger partial charge < -0.3 is 19.6 Å². The lowest BCUT2D eigenvalue weighted by atomic mass is 10.1. The molecule has 1 aromatic heterocycles. The second-order valence-corrected chi connectivity index (χ2v) is 5.99. The number of phosphoric ester groups is 1. The zero-order chi connectivity index (χ0) is 17.4. The number of halogens is 1. The van der Waals surface area contributed by atoms with Gasteiger partial charge in [0.25, 0.3) is 5.56 Å². The number of ether oxygens (including phenoxy) is 1. The van der Waals surface area contributed by atoms with Gasteiger partial charge in [0.05, 0.1) is 12.3 Å². The molecule has 2 heterocycles. The molecule has 23 heavy (non-hydrogen) atoms. The minimum Gasteiger partial charge on any atom is -0.390 e. The van der Waals surface area contributed by atoms with Crippen molar-refractivity contribution in [2.45, 2.75) is 31.0 Å². The zero-order valence-electron chi connectivity index (χ0n) is 11.5. The number of hydrogen-bond donors (Lipinski definition) is 4. The predicted octanol–water partition coefficient (Wildman–Crippen LogP) is -1.01. The number of nitrogens with one attached hydrogen (secondary N) is 1. The van der Waals surface area contributed by atoms with Crippen molar-refractivity contribution in [1.29, 1.82) is 0 Å². The van der Waals surface area contributed by atoms with E-state index in [2.05, 4.69) is 11.1 Å². The monoisotopic (exact) mass is 352 g/mol. The summed E-state index contributed by atoms with van der Waals surface area (Å²) in [5.41, 5.74) is -2.16. The van der Waals surface area contributed by atoms with Gasteiger partial charge in [-0.3, -0.25) is 18.9 Å². The van der Waals surface area contributed by atoms with E-state index < -0.39 is 49.4 Å². The van der Waals surface area contributed by atoms with Gasteiger partial charge in [0.2, 0.25) is 5.82 Å². The first-order valence-corrected chi connectivity index (χ1v) is 7.86. The molecule has 0 spiro atoms. The summed E-state index contributed by atoms with van der Waals surface area (Å²) in [6.07, 6.45) is -3.58. The quantitative estimate of drug-likeness (QED) is 0.389. The average molecular weight is 352 g/mol. The number of hydrogen-bond acceptors (Lipinski definition) is 6. The molecule has 2 rings (SSSR count). The van der Waals surface area contributed by atoms with Crippen molar-refractivity contribution in [3.05, 3.63) is 45.5 Å². The Bertz CT molecular complexity index is 755. The Morgan fingerprint density at radius 2 is 2.22 bits per heavy atom. The summed E-state index contributed by atoms with van der Waals surface area (Å²) in [6.45, 7) is 3.33. The fourth-order valence-corrected chi connectivity index (χ4v) is 2.74. The second-order valence-electron chi connectivity index (χ2n) is 4.80. The third kappa shape index (κ3) is 4.02. The number of H-pyrrole nitrogens is 1. The first-order valence-electron chi connectivity index (χ1n) is 6.33. The lowest BCUT2D eigenvalue weighted by Gasteiger charge is -2.23. The van der Waals surface area contributed by atoms with Crippen LogP contribution >= 0.6 is 7.82 Å². The second kappa shape index (κ2) is 6.48. The number of aromatic nitrogens is 2. The molecule has 12 heteroatoms. The normalized spacial score (nSPS) is 26.2. The Morgan fingerprint density at radius 3 is 2.78 bits per heavy atom. The smallest absolute Gasteiger partial charge is 0.390 e. The molecule has 0 aromatic carbocycles. The molecule has 1 saturated heterocycles. The van der Waals surface area contributed by atoms with Crippen LogP contribution in [0, 0.1) is 5.82 Å². The van der Waals surface area contributed by atoms with Crippen molar-refractivity contribution in [2.75, 3.05) is 0 Å². The van der Waals surface area contributed by atoms with Gasteiger partial charge >= 0.3 is 13.5 Å². The Balaban J connectivity index is 2.26. The Hall–Kier alpha value is -1.62. The SMILES string of the molecule is C=C[C@H](OP(=O)(O)O)[C@H]1O[C@@H](n2cc(F)c(=O)[nH]c2=O)C[C@@H]1O. The molecular formula is C11H14FN2O8P. The molecule has 0 radical (unpaired) electrons. The highest BCUT2D eigenvalue weighted by Crippen LogP contribution is 2.41. The number of phosphoric acid groups is 1. The maximum Gasteiger partial charge on any atom is 0.470 e. The van der Waals surface area contributed by atoms with E-state index >= 15 is 0 Å². The highest BCUT2D eigenvalue weighted by atomic mass is 31.2. The lowest BCUT2D eigenvalue weighted by Crippen LogP contribution is -2.36. The first kappa shape index (κ1) is 17.7. The molecule has 0 unspecified atom stereocenters. The van der Waals surface area contributed by atoms with E-state index in [1.807, 2.05) is 0 Å². The zero-order valence-corrected chi connectivity index (χ0v) is 12.4. The summed E-state index contributed by atoms with van der Waals surface area (Å²) in [4.78, 5) is 42.0. The minimum absolute atomic E-state index is 0.190. The van der Waals surface area contributed by atoms with Gasteiger partial charge in [0.1, 0.15) is 18.4 Å². The average Bonchev–Trinajstić information content (AvgIpc) is 2.81. The van der Waals surface area contributed by atoms with E-state index in [4.69, 9.17) is 14.5 Å². The van der Waals surface area contributed by atoms with Crippen LogP contribution in [-0.4, -0.2) is 42.8 Å². The molecule has 10 nitrogen and oxygen atoms in total. The number of aliphatic hydroxyl groups is 1. The van der Waals surface area contributed by atoms with Crippen LogP contribution in [-0.2, 0) is 13.8 Å². The van der Waals surface area contributed by atoms with E-state index in [1.54, 1.807) is 4.98 Å². The van der Waals surface area contributed by atoms with Crippen molar-refractivity contribution in [2.24, 2.45) is 0 Å². The summed E-state index contributed by atoms with van der Waals surface area (Å²) in [5, 5.41) is 9.95. The molecule has 1 fully saturated rings. The predicted molar refractivity (Wildman–Crippen MR) is 72.9 cm³/mol. The standard InChI is InChI=1S/C11H14FN2O8P/c1-2-7(22-23(18,19)20)9-6(15)3-8(21-9)14-4-5(12)10(16)13-11(14)17/h2,4,6-9,15H,1,3H2,(H,13,16,17)(H2,18,19,20)/t6-,7-,8+,9-/m0/s1. The van der Waals surface area contributed by atoms with E-state index in [-0.39, 0.29) is 6.42 Å². The summed E-state index contributed by atoms with van der Waals surface area (Å²) in [5.74, 6) is -1.22. The van der Waals surface area contributed by atoms with Crippen molar-refractivity contribution >= 4 is 7.82 Å². The van der Waals surface area contributed by atoms with Gasteiger partial charge in [-0.05, 0) is 0 Å². The van der Waals surface area contributed by atoms with Crippen LogP contribution in [0.1, 0.15) is 12.6 Å². The molecule has 0 saturated carbocycles. The van der Waals surface area contributed by atoms with Crippen molar-refractivity contribution in [3.63, 3.8) is 0 Å². The minimum atomic E-state index is -4.87. The third-order valence-electron chi connectivity index (χ3n) is 3.19. The molecule has 1 aliphatic heterocycles. The number of rotatable bonds is 5. The number of aromatic amines is 1. The van der Waals surface area contributed by atoms with Crippen molar-refractivity contribution in [1.82, 2.24) is 9.55 Å². The molecule has 0 amide bonds. The summed E-state index contributed by atoms with van der Waals surface area (Å²) in [7, 11) is -4.87. The molecule has 128 valence electrons. The Morgan fingerprint density at radius 1 is 1.57 bits per heavy atom. The maximum atomic E-state index is 13.3. The summed E-state index contributed by atoms with van der Waals surface area (Å²) in [6, 6.07) is 0.